The number of hydrogen-bond donors (Lipinski definition) is 0. The fourth-order valence-corrected chi connectivity index (χ4v) is 2.50. The van der Waals surface area contributed by atoms with Gasteiger partial charge >= 0.3 is 0 Å². The van der Waals surface area contributed by atoms with Gasteiger partial charge in [-0.25, -0.2) is 8.78 Å². The second-order valence-corrected chi connectivity index (χ2v) is 5.01. The number of Topliss-reactive ketones (excluding diaryl/α,β-unsaturated/α-hetero) is 1. The molecule has 0 spiro atoms. The Kier molecular flexibility index (Phi) is 3.29. The molecule has 0 atom stereocenters. The third-order valence-corrected chi connectivity index (χ3v) is 3.56. The van der Waals surface area contributed by atoms with Crippen LogP contribution in [0.25, 0.3) is 10.9 Å². The number of hydrogen-bond acceptors (Lipinski definition) is 1. The third-order valence-electron chi connectivity index (χ3n) is 3.56. The zero-order valence-corrected chi connectivity index (χ0v) is 11.4. The standard InChI is InChI=1S/C17H13F2NO/c1-20-10-14(13-4-2-3-5-16(13)20)17(21)8-11-6-7-12(18)9-15(11)19/h2-7,9-10H,8H2,1H3. The Morgan fingerprint density at radius 3 is 2.67 bits per heavy atom. The first kappa shape index (κ1) is 13.5. The average molecular weight is 285 g/mol. The van der Waals surface area contributed by atoms with Gasteiger partial charge in [0.2, 0.25) is 0 Å². The maximum atomic E-state index is 13.6. The summed E-state index contributed by atoms with van der Waals surface area (Å²) in [7, 11) is 1.86. The van der Waals surface area contributed by atoms with Gasteiger partial charge < -0.3 is 4.57 Å². The van der Waals surface area contributed by atoms with Crippen LogP contribution < -0.4 is 0 Å². The number of carbonyl (C=O) groups excluding carboxylic acids is 1. The highest BCUT2D eigenvalue weighted by atomic mass is 19.1. The molecule has 0 saturated carbocycles. The van der Waals surface area contributed by atoms with Crippen molar-refractivity contribution in [3.05, 3.63) is 71.4 Å². The Morgan fingerprint density at radius 2 is 1.90 bits per heavy atom. The van der Waals surface area contributed by atoms with E-state index in [-0.39, 0.29) is 17.8 Å². The molecule has 0 aliphatic heterocycles. The van der Waals surface area contributed by atoms with Gasteiger partial charge in [-0.05, 0) is 17.7 Å². The van der Waals surface area contributed by atoms with Crippen LogP contribution in [0.1, 0.15) is 15.9 Å². The van der Waals surface area contributed by atoms with E-state index >= 15 is 0 Å². The predicted molar refractivity (Wildman–Crippen MR) is 77.3 cm³/mol. The number of ketones is 1. The van der Waals surface area contributed by atoms with Crippen LogP contribution in [0.4, 0.5) is 8.78 Å². The van der Waals surface area contributed by atoms with Crippen molar-refractivity contribution in [3.8, 4) is 0 Å². The molecule has 0 aliphatic rings. The molecule has 106 valence electrons. The molecule has 0 aliphatic carbocycles. The number of aromatic nitrogens is 1. The minimum absolute atomic E-state index is 0.0832. The quantitative estimate of drug-likeness (QED) is 0.669. The largest absolute Gasteiger partial charge is 0.350 e. The van der Waals surface area contributed by atoms with E-state index in [1.807, 2.05) is 35.9 Å². The van der Waals surface area contributed by atoms with Crippen molar-refractivity contribution >= 4 is 16.7 Å². The van der Waals surface area contributed by atoms with Crippen LogP contribution in [0.5, 0.6) is 0 Å². The van der Waals surface area contributed by atoms with Gasteiger partial charge in [-0.1, -0.05) is 24.3 Å². The van der Waals surface area contributed by atoms with E-state index < -0.39 is 11.6 Å². The number of fused-ring (bicyclic) bond motifs is 1. The highest BCUT2D eigenvalue weighted by molar-refractivity contribution is 6.08. The lowest BCUT2D eigenvalue weighted by atomic mass is 10.0. The number of carbonyl (C=O) groups is 1. The third kappa shape index (κ3) is 2.44. The number of benzene rings is 2. The second-order valence-electron chi connectivity index (χ2n) is 5.01. The highest BCUT2D eigenvalue weighted by Crippen LogP contribution is 2.22. The van der Waals surface area contributed by atoms with Crippen molar-refractivity contribution in [2.24, 2.45) is 7.05 Å². The zero-order chi connectivity index (χ0) is 15.0. The minimum Gasteiger partial charge on any atom is -0.350 e. The van der Waals surface area contributed by atoms with Gasteiger partial charge in [0, 0.05) is 42.2 Å². The van der Waals surface area contributed by atoms with Gasteiger partial charge in [0.25, 0.3) is 0 Å². The molecule has 3 aromatic rings. The Hall–Kier alpha value is -2.49. The monoisotopic (exact) mass is 285 g/mol. The SMILES string of the molecule is Cn1cc(C(=O)Cc2ccc(F)cc2F)c2ccccc21. The molecule has 1 heterocycles. The molecule has 0 amide bonds. The number of aryl methyl sites for hydroxylation is 1. The van der Waals surface area contributed by atoms with E-state index in [9.17, 15) is 13.6 Å². The summed E-state index contributed by atoms with van der Waals surface area (Å²) in [5, 5.41) is 0.840. The molecule has 2 aromatic carbocycles. The van der Waals surface area contributed by atoms with Gasteiger partial charge in [-0.3, -0.25) is 4.79 Å². The van der Waals surface area contributed by atoms with E-state index in [1.54, 1.807) is 6.20 Å². The summed E-state index contributed by atoms with van der Waals surface area (Å²) in [6.45, 7) is 0. The lowest BCUT2D eigenvalue weighted by molar-refractivity contribution is 0.0993. The molecular weight excluding hydrogens is 272 g/mol. The molecule has 3 rings (SSSR count). The van der Waals surface area contributed by atoms with Crippen molar-refractivity contribution in [2.75, 3.05) is 0 Å². The Morgan fingerprint density at radius 1 is 1.14 bits per heavy atom. The van der Waals surface area contributed by atoms with Gasteiger partial charge in [0.05, 0.1) is 0 Å². The van der Waals surface area contributed by atoms with E-state index in [0.717, 1.165) is 23.0 Å². The molecule has 0 N–H and O–H groups in total. The highest BCUT2D eigenvalue weighted by Gasteiger charge is 2.16. The summed E-state index contributed by atoms with van der Waals surface area (Å²) >= 11 is 0. The summed E-state index contributed by atoms with van der Waals surface area (Å²) < 4.78 is 28.4. The first-order chi connectivity index (χ1) is 10.1. The van der Waals surface area contributed by atoms with Crippen LogP contribution in [0.2, 0.25) is 0 Å². The lowest BCUT2D eigenvalue weighted by Gasteiger charge is -2.02. The number of para-hydroxylation sites is 1. The van der Waals surface area contributed by atoms with Crippen LogP contribution in [0.3, 0.4) is 0 Å². The van der Waals surface area contributed by atoms with Crippen LogP contribution in [0, 0.1) is 11.6 Å². The van der Waals surface area contributed by atoms with Crippen LogP contribution in [-0.4, -0.2) is 10.4 Å². The molecule has 0 radical (unpaired) electrons. The molecule has 0 saturated heterocycles. The molecule has 2 nitrogen and oxygen atoms in total. The minimum atomic E-state index is -0.691. The van der Waals surface area contributed by atoms with Crippen molar-refractivity contribution in [3.63, 3.8) is 0 Å². The Bertz CT molecular complexity index is 836. The van der Waals surface area contributed by atoms with Gasteiger partial charge in [-0.15, -0.1) is 0 Å². The molecule has 21 heavy (non-hydrogen) atoms. The fourth-order valence-electron chi connectivity index (χ4n) is 2.50. The first-order valence-electron chi connectivity index (χ1n) is 6.57. The van der Waals surface area contributed by atoms with Crippen LogP contribution >= 0.6 is 0 Å². The van der Waals surface area contributed by atoms with E-state index in [2.05, 4.69) is 0 Å². The normalized spacial score (nSPS) is 11.0. The maximum absolute atomic E-state index is 13.6. The summed E-state index contributed by atoms with van der Waals surface area (Å²) in [4.78, 5) is 12.4. The number of nitrogens with zero attached hydrogens (tertiary/aromatic N) is 1. The fraction of sp³-hybridized carbons (Fsp3) is 0.118. The van der Waals surface area contributed by atoms with E-state index in [4.69, 9.17) is 0 Å². The molecule has 0 unspecified atom stereocenters. The smallest absolute Gasteiger partial charge is 0.169 e. The molecule has 0 bridgehead atoms. The Balaban J connectivity index is 1.98. The van der Waals surface area contributed by atoms with E-state index in [0.29, 0.717) is 5.56 Å². The topological polar surface area (TPSA) is 22.0 Å². The van der Waals surface area contributed by atoms with Crippen molar-refractivity contribution in [1.29, 1.82) is 0 Å². The summed E-state index contributed by atoms with van der Waals surface area (Å²) in [6, 6.07) is 10.8. The van der Waals surface area contributed by atoms with Gasteiger partial charge in [0.1, 0.15) is 11.6 Å². The van der Waals surface area contributed by atoms with Crippen LogP contribution in [0.15, 0.2) is 48.7 Å². The number of rotatable bonds is 3. The van der Waals surface area contributed by atoms with Crippen molar-refractivity contribution in [2.45, 2.75) is 6.42 Å². The lowest BCUT2D eigenvalue weighted by Crippen LogP contribution is -2.05. The average Bonchev–Trinajstić information content (AvgIpc) is 2.80. The molecular formula is C17H13F2NO. The number of halogens is 2. The van der Waals surface area contributed by atoms with Gasteiger partial charge in [0.15, 0.2) is 5.78 Å². The van der Waals surface area contributed by atoms with E-state index in [1.165, 1.54) is 6.07 Å². The van der Waals surface area contributed by atoms with Crippen molar-refractivity contribution in [1.82, 2.24) is 4.57 Å². The molecule has 4 heteroatoms. The second kappa shape index (κ2) is 5.13. The Labute approximate surface area is 120 Å². The van der Waals surface area contributed by atoms with Crippen molar-refractivity contribution < 1.29 is 13.6 Å². The first-order valence-corrected chi connectivity index (χ1v) is 6.57. The molecule has 1 aromatic heterocycles. The summed E-state index contributed by atoms with van der Waals surface area (Å²) in [5.74, 6) is -1.52. The van der Waals surface area contributed by atoms with Crippen LogP contribution in [-0.2, 0) is 13.5 Å². The summed E-state index contributed by atoms with van der Waals surface area (Å²) in [6.07, 6.45) is 1.66. The summed E-state index contributed by atoms with van der Waals surface area (Å²) in [5.41, 5.74) is 1.70. The molecule has 0 fully saturated rings. The maximum Gasteiger partial charge on any atom is 0.169 e. The zero-order valence-electron chi connectivity index (χ0n) is 11.4. The van der Waals surface area contributed by atoms with Gasteiger partial charge in [-0.2, -0.15) is 0 Å². The predicted octanol–water partition coefficient (Wildman–Crippen LogP) is 3.88.